The average molecular weight is 321 g/mol. The molecule has 1 amide bonds. The standard InChI is InChI=1S/C16H27N5O2/c1-11-13(17)14(20-10-19-11)18-9-12-5-7-21(8-6-12)15(22)23-16(2,3)4/h10,12H,5-9,17H2,1-4H3,(H,18,19,20). The Morgan fingerprint density at radius 1 is 1.39 bits per heavy atom. The maximum absolute atomic E-state index is 12.0. The number of carbonyl (C=O) groups excluding carboxylic acids is 1. The van der Waals surface area contributed by atoms with Crippen LogP contribution in [0.5, 0.6) is 0 Å². The van der Waals surface area contributed by atoms with Gasteiger partial charge in [0.2, 0.25) is 0 Å². The summed E-state index contributed by atoms with van der Waals surface area (Å²) in [5.74, 6) is 1.18. The minimum atomic E-state index is -0.447. The van der Waals surface area contributed by atoms with E-state index in [4.69, 9.17) is 10.5 Å². The fourth-order valence-electron chi connectivity index (χ4n) is 2.51. The third-order valence-corrected chi connectivity index (χ3v) is 3.91. The molecular formula is C16H27N5O2. The van der Waals surface area contributed by atoms with Crippen LogP contribution >= 0.6 is 0 Å². The van der Waals surface area contributed by atoms with E-state index in [1.807, 2.05) is 27.7 Å². The van der Waals surface area contributed by atoms with Crippen LogP contribution in [0.25, 0.3) is 0 Å². The summed E-state index contributed by atoms with van der Waals surface area (Å²) >= 11 is 0. The van der Waals surface area contributed by atoms with E-state index in [1.165, 1.54) is 6.33 Å². The van der Waals surface area contributed by atoms with Crippen LogP contribution in [0.15, 0.2) is 6.33 Å². The Balaban J connectivity index is 1.79. The van der Waals surface area contributed by atoms with E-state index in [2.05, 4.69) is 15.3 Å². The SMILES string of the molecule is Cc1ncnc(NCC2CCN(C(=O)OC(C)(C)C)CC2)c1N. The normalized spacial score (nSPS) is 16.3. The minimum Gasteiger partial charge on any atom is -0.444 e. The molecule has 7 nitrogen and oxygen atoms in total. The van der Waals surface area contributed by atoms with Gasteiger partial charge in [0.15, 0.2) is 5.82 Å². The van der Waals surface area contributed by atoms with E-state index >= 15 is 0 Å². The zero-order valence-electron chi connectivity index (χ0n) is 14.4. The molecule has 1 fully saturated rings. The van der Waals surface area contributed by atoms with Crippen molar-refractivity contribution in [3.8, 4) is 0 Å². The summed E-state index contributed by atoms with van der Waals surface area (Å²) in [6.07, 6.45) is 3.17. The van der Waals surface area contributed by atoms with Gasteiger partial charge < -0.3 is 20.7 Å². The molecule has 1 aliphatic heterocycles. The Morgan fingerprint density at radius 2 is 2.04 bits per heavy atom. The Morgan fingerprint density at radius 3 is 2.65 bits per heavy atom. The van der Waals surface area contributed by atoms with Crippen molar-refractivity contribution < 1.29 is 9.53 Å². The van der Waals surface area contributed by atoms with Crippen LogP contribution < -0.4 is 11.1 Å². The summed E-state index contributed by atoms with van der Waals surface area (Å²) in [7, 11) is 0. The highest BCUT2D eigenvalue weighted by atomic mass is 16.6. The lowest BCUT2D eigenvalue weighted by Gasteiger charge is -2.33. The number of aromatic nitrogens is 2. The van der Waals surface area contributed by atoms with E-state index in [-0.39, 0.29) is 6.09 Å². The smallest absolute Gasteiger partial charge is 0.410 e. The fraction of sp³-hybridized carbons (Fsp3) is 0.688. The number of hydrogen-bond donors (Lipinski definition) is 2. The van der Waals surface area contributed by atoms with Gasteiger partial charge in [-0.3, -0.25) is 0 Å². The van der Waals surface area contributed by atoms with E-state index in [9.17, 15) is 4.79 Å². The molecule has 1 aliphatic rings. The predicted molar refractivity (Wildman–Crippen MR) is 90.2 cm³/mol. The molecule has 0 aromatic carbocycles. The highest BCUT2D eigenvalue weighted by Gasteiger charge is 2.26. The van der Waals surface area contributed by atoms with E-state index in [0.29, 0.717) is 17.4 Å². The molecule has 1 saturated heterocycles. The number of anilines is 2. The molecule has 0 bridgehead atoms. The van der Waals surface area contributed by atoms with Crippen molar-refractivity contribution in [2.75, 3.05) is 30.7 Å². The Bertz CT molecular complexity index is 548. The number of likely N-dealkylation sites (tertiary alicyclic amines) is 1. The number of carbonyl (C=O) groups is 1. The van der Waals surface area contributed by atoms with Gasteiger partial charge in [-0.2, -0.15) is 0 Å². The summed E-state index contributed by atoms with van der Waals surface area (Å²) in [5, 5.41) is 3.29. The lowest BCUT2D eigenvalue weighted by molar-refractivity contribution is 0.0188. The van der Waals surface area contributed by atoms with Gasteiger partial charge in [-0.15, -0.1) is 0 Å². The van der Waals surface area contributed by atoms with Crippen molar-refractivity contribution in [2.24, 2.45) is 5.92 Å². The molecule has 0 unspecified atom stereocenters. The van der Waals surface area contributed by atoms with E-state index in [1.54, 1.807) is 4.90 Å². The largest absolute Gasteiger partial charge is 0.444 e. The molecule has 1 aromatic rings. The van der Waals surface area contributed by atoms with Crippen molar-refractivity contribution in [3.63, 3.8) is 0 Å². The third kappa shape index (κ3) is 4.97. The van der Waals surface area contributed by atoms with Gasteiger partial charge in [-0.05, 0) is 46.5 Å². The lowest BCUT2D eigenvalue weighted by atomic mass is 9.97. The lowest BCUT2D eigenvalue weighted by Crippen LogP contribution is -2.42. The molecule has 0 atom stereocenters. The first kappa shape index (κ1) is 17.3. The number of nitrogens with one attached hydrogen (secondary N) is 1. The molecule has 0 aliphatic carbocycles. The van der Waals surface area contributed by atoms with Crippen LogP contribution in [0.1, 0.15) is 39.3 Å². The van der Waals surface area contributed by atoms with Crippen LogP contribution in [-0.4, -0.2) is 46.2 Å². The molecule has 0 saturated carbocycles. The molecule has 0 radical (unpaired) electrons. The summed E-state index contributed by atoms with van der Waals surface area (Å²) in [6.45, 7) is 9.75. The van der Waals surface area contributed by atoms with E-state index < -0.39 is 5.60 Å². The quantitative estimate of drug-likeness (QED) is 0.888. The zero-order valence-corrected chi connectivity index (χ0v) is 14.4. The second-order valence-corrected chi connectivity index (χ2v) is 7.01. The molecule has 0 spiro atoms. The van der Waals surface area contributed by atoms with Crippen molar-refractivity contribution in [2.45, 2.75) is 46.1 Å². The van der Waals surface area contributed by atoms with E-state index in [0.717, 1.165) is 38.2 Å². The minimum absolute atomic E-state index is 0.223. The second-order valence-electron chi connectivity index (χ2n) is 7.01. The van der Waals surface area contributed by atoms with Crippen LogP contribution in [0, 0.1) is 12.8 Å². The van der Waals surface area contributed by atoms with Crippen LogP contribution in [0.2, 0.25) is 0 Å². The highest BCUT2D eigenvalue weighted by molar-refractivity contribution is 5.68. The fourth-order valence-corrected chi connectivity index (χ4v) is 2.51. The van der Waals surface area contributed by atoms with Crippen LogP contribution in [0.3, 0.4) is 0 Å². The molecule has 7 heteroatoms. The average Bonchev–Trinajstić information content (AvgIpc) is 2.47. The van der Waals surface area contributed by atoms with Crippen molar-refractivity contribution >= 4 is 17.6 Å². The van der Waals surface area contributed by atoms with Crippen molar-refractivity contribution in [1.82, 2.24) is 14.9 Å². The molecule has 23 heavy (non-hydrogen) atoms. The Labute approximate surface area is 137 Å². The number of piperidine rings is 1. The molecule has 128 valence electrons. The number of nitrogens with two attached hydrogens (primary N) is 1. The molecular weight excluding hydrogens is 294 g/mol. The predicted octanol–water partition coefficient (Wildman–Crippen LogP) is 2.43. The molecule has 2 heterocycles. The Hall–Kier alpha value is -2.05. The summed E-state index contributed by atoms with van der Waals surface area (Å²) < 4.78 is 5.41. The van der Waals surface area contributed by atoms with Gasteiger partial charge >= 0.3 is 6.09 Å². The van der Waals surface area contributed by atoms with Gasteiger partial charge in [-0.1, -0.05) is 0 Å². The number of ether oxygens (including phenoxy) is 1. The van der Waals surface area contributed by atoms with Gasteiger partial charge in [0, 0.05) is 19.6 Å². The summed E-state index contributed by atoms with van der Waals surface area (Å²) in [4.78, 5) is 22.1. The van der Waals surface area contributed by atoms with Gasteiger partial charge in [-0.25, -0.2) is 14.8 Å². The maximum atomic E-state index is 12.0. The summed E-state index contributed by atoms with van der Waals surface area (Å²) in [6, 6.07) is 0. The molecule has 1 aromatic heterocycles. The molecule has 2 rings (SSSR count). The first-order chi connectivity index (χ1) is 10.8. The van der Waals surface area contributed by atoms with Crippen LogP contribution in [-0.2, 0) is 4.74 Å². The first-order valence-corrected chi connectivity index (χ1v) is 8.05. The first-order valence-electron chi connectivity index (χ1n) is 8.05. The van der Waals surface area contributed by atoms with Crippen molar-refractivity contribution in [1.29, 1.82) is 0 Å². The van der Waals surface area contributed by atoms with Gasteiger partial charge in [0.25, 0.3) is 0 Å². The Kier molecular flexibility index (Phi) is 5.28. The summed E-state index contributed by atoms with van der Waals surface area (Å²) in [5.41, 5.74) is 6.89. The topological polar surface area (TPSA) is 93.4 Å². The number of hydrogen-bond acceptors (Lipinski definition) is 6. The number of nitrogens with zero attached hydrogens (tertiary/aromatic N) is 3. The van der Waals surface area contributed by atoms with Crippen LogP contribution in [0.4, 0.5) is 16.3 Å². The monoisotopic (exact) mass is 321 g/mol. The van der Waals surface area contributed by atoms with Gasteiger partial charge in [0.1, 0.15) is 11.9 Å². The number of nitrogen functional groups attached to an aromatic ring is 1. The van der Waals surface area contributed by atoms with Crippen molar-refractivity contribution in [3.05, 3.63) is 12.0 Å². The zero-order chi connectivity index (χ0) is 17.0. The third-order valence-electron chi connectivity index (χ3n) is 3.91. The number of amides is 1. The highest BCUT2D eigenvalue weighted by Crippen LogP contribution is 2.22. The van der Waals surface area contributed by atoms with Gasteiger partial charge in [0.05, 0.1) is 11.4 Å². The number of aryl methyl sites for hydroxylation is 1. The number of rotatable bonds is 3. The second kappa shape index (κ2) is 7.02. The maximum Gasteiger partial charge on any atom is 0.410 e. The molecule has 3 N–H and O–H groups in total.